The molecule has 0 bridgehead atoms. The van der Waals surface area contributed by atoms with Gasteiger partial charge in [-0.3, -0.25) is 0 Å². The zero-order chi connectivity index (χ0) is 13.8. The van der Waals surface area contributed by atoms with Crippen LogP contribution in [-0.2, 0) is 19.6 Å². The normalized spacial score (nSPS) is 14.4. The van der Waals surface area contributed by atoms with E-state index in [0.29, 0.717) is 6.61 Å². The number of thiazole rings is 1. The second kappa shape index (κ2) is 6.37. The summed E-state index contributed by atoms with van der Waals surface area (Å²) in [7, 11) is 0. The number of aromatic nitrogens is 1. The van der Waals surface area contributed by atoms with E-state index in [4.69, 9.17) is 4.74 Å². The number of rotatable bonds is 7. The molecule has 0 radical (unpaired) electrons. The monoisotopic (exact) mass is 288 g/mol. The van der Waals surface area contributed by atoms with Gasteiger partial charge in [0, 0.05) is 18.0 Å². The molecule has 1 aliphatic carbocycles. The third kappa shape index (κ3) is 3.81. The smallest absolute Gasteiger partial charge is 0.131 e. The van der Waals surface area contributed by atoms with E-state index in [0.717, 1.165) is 35.5 Å². The Kier molecular flexibility index (Phi) is 4.33. The van der Waals surface area contributed by atoms with Crippen molar-refractivity contribution in [3.63, 3.8) is 0 Å². The van der Waals surface area contributed by atoms with Gasteiger partial charge in [-0.05, 0) is 37.0 Å². The second-order valence-electron chi connectivity index (χ2n) is 5.18. The molecule has 0 atom stereocenters. The highest BCUT2D eigenvalue weighted by atomic mass is 32.1. The van der Waals surface area contributed by atoms with E-state index < -0.39 is 0 Å². The maximum absolute atomic E-state index is 5.81. The highest BCUT2D eigenvalue weighted by molar-refractivity contribution is 7.09. The molecule has 1 aromatic carbocycles. The highest BCUT2D eigenvalue weighted by Gasteiger charge is 2.20. The van der Waals surface area contributed by atoms with Crippen molar-refractivity contribution < 1.29 is 4.74 Å². The van der Waals surface area contributed by atoms with Crippen molar-refractivity contribution in [1.29, 1.82) is 0 Å². The van der Waals surface area contributed by atoms with E-state index in [1.807, 2.05) is 12.1 Å². The summed E-state index contributed by atoms with van der Waals surface area (Å²) in [4.78, 5) is 4.60. The molecule has 0 saturated heterocycles. The second-order valence-corrected chi connectivity index (χ2v) is 6.12. The van der Waals surface area contributed by atoms with Gasteiger partial charge in [0.2, 0.25) is 0 Å². The maximum atomic E-state index is 5.81. The Balaban J connectivity index is 1.51. The van der Waals surface area contributed by atoms with Crippen LogP contribution in [0.15, 0.2) is 29.6 Å². The number of nitrogens with zero attached hydrogens (tertiary/aromatic N) is 1. The molecule has 1 fully saturated rings. The van der Waals surface area contributed by atoms with Gasteiger partial charge in [-0.15, -0.1) is 11.3 Å². The van der Waals surface area contributed by atoms with Crippen LogP contribution < -0.4 is 10.1 Å². The summed E-state index contributed by atoms with van der Waals surface area (Å²) in [6.45, 7) is 3.59. The first-order valence-corrected chi connectivity index (χ1v) is 8.10. The number of benzene rings is 1. The van der Waals surface area contributed by atoms with Gasteiger partial charge in [0.25, 0.3) is 0 Å². The molecule has 0 unspecified atom stereocenters. The lowest BCUT2D eigenvalue weighted by Crippen LogP contribution is -2.15. The minimum atomic E-state index is 0.549. The van der Waals surface area contributed by atoms with Crippen LogP contribution in [0.2, 0.25) is 0 Å². The van der Waals surface area contributed by atoms with Crippen LogP contribution in [0.25, 0.3) is 0 Å². The number of ether oxygens (including phenoxy) is 1. The molecule has 1 saturated carbocycles. The Morgan fingerprint density at radius 2 is 2.30 bits per heavy atom. The molecule has 4 heteroatoms. The summed E-state index contributed by atoms with van der Waals surface area (Å²) in [6.07, 6.45) is 3.66. The van der Waals surface area contributed by atoms with Crippen LogP contribution in [-0.4, -0.2) is 11.0 Å². The topological polar surface area (TPSA) is 34.1 Å². The van der Waals surface area contributed by atoms with Crippen LogP contribution in [0.4, 0.5) is 0 Å². The lowest BCUT2D eigenvalue weighted by Gasteiger charge is -2.05. The third-order valence-corrected chi connectivity index (χ3v) is 4.31. The Labute approximate surface area is 124 Å². The number of aryl methyl sites for hydroxylation is 1. The molecule has 1 aliphatic rings. The molecule has 1 heterocycles. The van der Waals surface area contributed by atoms with Gasteiger partial charge in [0.1, 0.15) is 17.4 Å². The summed E-state index contributed by atoms with van der Waals surface area (Å²) in [5, 5.41) is 6.72. The van der Waals surface area contributed by atoms with Gasteiger partial charge in [-0.25, -0.2) is 4.98 Å². The van der Waals surface area contributed by atoms with Crippen LogP contribution in [0.5, 0.6) is 5.75 Å². The van der Waals surface area contributed by atoms with Gasteiger partial charge in [0.05, 0.1) is 5.69 Å². The molecule has 3 nitrogen and oxygen atoms in total. The molecule has 0 amide bonds. The minimum absolute atomic E-state index is 0.549. The van der Waals surface area contributed by atoms with Crippen molar-refractivity contribution >= 4 is 11.3 Å². The fourth-order valence-electron chi connectivity index (χ4n) is 2.03. The summed E-state index contributed by atoms with van der Waals surface area (Å²) in [6, 6.07) is 9.00. The SMILES string of the molecule is CCc1cccc(OCc2csc(CNC3CC3)n2)c1. The van der Waals surface area contributed by atoms with Crippen LogP contribution >= 0.6 is 11.3 Å². The van der Waals surface area contributed by atoms with Gasteiger partial charge < -0.3 is 10.1 Å². The molecule has 0 spiro atoms. The predicted octanol–water partition coefficient (Wildman–Crippen LogP) is 3.54. The number of nitrogens with one attached hydrogen (secondary N) is 1. The van der Waals surface area contributed by atoms with E-state index >= 15 is 0 Å². The fourth-order valence-corrected chi connectivity index (χ4v) is 2.76. The number of hydrogen-bond donors (Lipinski definition) is 1. The van der Waals surface area contributed by atoms with Crippen molar-refractivity contribution in [2.75, 3.05) is 0 Å². The van der Waals surface area contributed by atoms with Crippen molar-refractivity contribution in [1.82, 2.24) is 10.3 Å². The molecular weight excluding hydrogens is 268 g/mol. The summed E-state index contributed by atoms with van der Waals surface area (Å²) in [5.74, 6) is 0.926. The van der Waals surface area contributed by atoms with Crippen molar-refractivity contribution in [3.8, 4) is 5.75 Å². The van der Waals surface area contributed by atoms with Gasteiger partial charge >= 0.3 is 0 Å². The first-order valence-electron chi connectivity index (χ1n) is 7.22. The Morgan fingerprint density at radius 1 is 1.40 bits per heavy atom. The molecule has 20 heavy (non-hydrogen) atoms. The summed E-state index contributed by atoms with van der Waals surface area (Å²) < 4.78 is 5.81. The van der Waals surface area contributed by atoms with Crippen LogP contribution in [0.1, 0.15) is 36.0 Å². The first-order chi connectivity index (χ1) is 9.83. The Bertz CT molecular complexity index is 563. The molecule has 0 aliphatic heterocycles. The fraction of sp³-hybridized carbons (Fsp3) is 0.438. The Morgan fingerprint density at radius 3 is 3.10 bits per heavy atom. The van der Waals surface area contributed by atoms with E-state index in [2.05, 4.69) is 34.7 Å². The first kappa shape index (κ1) is 13.6. The standard InChI is InChI=1S/C16H20N2OS/c1-2-12-4-3-5-15(8-12)19-10-14-11-20-16(18-14)9-17-13-6-7-13/h3-5,8,11,13,17H,2,6-7,9-10H2,1H3. The Hall–Kier alpha value is -1.39. The van der Waals surface area contributed by atoms with E-state index in [-0.39, 0.29) is 0 Å². The molecular formula is C16H20N2OS. The minimum Gasteiger partial charge on any atom is -0.487 e. The van der Waals surface area contributed by atoms with Crippen molar-refractivity contribution in [3.05, 3.63) is 45.9 Å². The zero-order valence-corrected chi connectivity index (χ0v) is 12.6. The molecule has 106 valence electrons. The maximum Gasteiger partial charge on any atom is 0.131 e. The van der Waals surface area contributed by atoms with Gasteiger partial charge in [0.15, 0.2) is 0 Å². The summed E-state index contributed by atoms with van der Waals surface area (Å²) in [5.41, 5.74) is 2.32. The number of hydrogen-bond acceptors (Lipinski definition) is 4. The molecule has 1 N–H and O–H groups in total. The average Bonchev–Trinajstić information content (AvgIpc) is 3.21. The predicted molar refractivity (Wildman–Crippen MR) is 82.1 cm³/mol. The quantitative estimate of drug-likeness (QED) is 0.846. The van der Waals surface area contributed by atoms with Crippen molar-refractivity contribution in [2.24, 2.45) is 0 Å². The third-order valence-electron chi connectivity index (χ3n) is 3.41. The van der Waals surface area contributed by atoms with Crippen LogP contribution in [0.3, 0.4) is 0 Å². The summed E-state index contributed by atoms with van der Waals surface area (Å²) >= 11 is 1.71. The molecule has 2 aromatic rings. The average molecular weight is 288 g/mol. The van der Waals surface area contributed by atoms with Gasteiger partial charge in [-0.1, -0.05) is 19.1 Å². The van der Waals surface area contributed by atoms with Gasteiger partial charge in [-0.2, -0.15) is 0 Å². The molecule has 3 rings (SSSR count). The van der Waals surface area contributed by atoms with E-state index in [1.54, 1.807) is 11.3 Å². The lowest BCUT2D eigenvalue weighted by atomic mass is 10.2. The zero-order valence-electron chi connectivity index (χ0n) is 11.8. The van der Waals surface area contributed by atoms with E-state index in [9.17, 15) is 0 Å². The van der Waals surface area contributed by atoms with Crippen LogP contribution in [0, 0.1) is 0 Å². The molecule has 1 aromatic heterocycles. The highest BCUT2D eigenvalue weighted by Crippen LogP contribution is 2.20. The van der Waals surface area contributed by atoms with Crippen molar-refractivity contribution in [2.45, 2.75) is 45.4 Å². The largest absolute Gasteiger partial charge is 0.487 e. The lowest BCUT2D eigenvalue weighted by molar-refractivity contribution is 0.301. The van der Waals surface area contributed by atoms with E-state index in [1.165, 1.54) is 18.4 Å².